The van der Waals surface area contributed by atoms with E-state index < -0.39 is 16.1 Å². The van der Waals surface area contributed by atoms with Gasteiger partial charge in [-0.15, -0.1) is 0 Å². The third-order valence-electron chi connectivity index (χ3n) is 5.10. The zero-order chi connectivity index (χ0) is 22.0. The zero-order valence-corrected chi connectivity index (χ0v) is 18.6. The lowest BCUT2D eigenvalue weighted by Gasteiger charge is -2.24. The summed E-state index contributed by atoms with van der Waals surface area (Å²) in [7, 11) is -0.772. The lowest BCUT2D eigenvalue weighted by atomic mass is 9.99. The summed E-state index contributed by atoms with van der Waals surface area (Å²) in [5.74, 6) is 1.15. The minimum atomic E-state index is -3.89. The van der Waals surface area contributed by atoms with Gasteiger partial charge in [0, 0.05) is 17.5 Å². The van der Waals surface area contributed by atoms with Crippen molar-refractivity contribution in [1.29, 1.82) is 0 Å². The molecule has 0 saturated heterocycles. The van der Waals surface area contributed by atoms with Crippen LogP contribution in [0.4, 0.5) is 0 Å². The van der Waals surface area contributed by atoms with Gasteiger partial charge in [-0.3, -0.25) is 0 Å². The number of benzene rings is 3. The topological polar surface area (TPSA) is 68.2 Å². The summed E-state index contributed by atoms with van der Waals surface area (Å²) >= 11 is 6.02. The normalized spacial score (nSPS) is 16.2. The lowest BCUT2D eigenvalue weighted by Crippen LogP contribution is -2.27. The molecule has 4 rings (SSSR count). The van der Waals surface area contributed by atoms with Crippen LogP contribution in [0.1, 0.15) is 23.6 Å². The SMILES string of the molecule is COc1cc(OC)cc([C@@H]2CC(c3ccc(Cl)cc3)=NN2S(=O)(=O)c2ccccc2)c1. The Bertz CT molecular complexity index is 1190. The predicted molar refractivity (Wildman–Crippen MR) is 120 cm³/mol. The highest BCUT2D eigenvalue weighted by Crippen LogP contribution is 2.39. The smallest absolute Gasteiger partial charge is 0.279 e. The standard InChI is InChI=1S/C23H21ClN2O4S/c1-29-19-12-17(13-20(14-19)30-2)23-15-22(16-8-10-18(24)11-9-16)25-26(23)31(27,28)21-6-4-3-5-7-21/h3-14,23H,15H2,1-2H3/t23-/m0/s1. The van der Waals surface area contributed by atoms with E-state index in [1.807, 2.05) is 12.1 Å². The number of sulfonamides is 1. The maximum absolute atomic E-state index is 13.5. The van der Waals surface area contributed by atoms with Gasteiger partial charge in [0.05, 0.1) is 30.9 Å². The number of rotatable bonds is 6. The fourth-order valence-corrected chi connectivity index (χ4v) is 5.08. The van der Waals surface area contributed by atoms with Crippen molar-refractivity contribution in [2.75, 3.05) is 14.2 Å². The highest BCUT2D eigenvalue weighted by molar-refractivity contribution is 7.89. The van der Waals surface area contributed by atoms with Crippen molar-refractivity contribution < 1.29 is 17.9 Å². The third kappa shape index (κ3) is 4.24. The number of ether oxygens (including phenoxy) is 2. The van der Waals surface area contributed by atoms with E-state index in [1.54, 1.807) is 74.9 Å². The van der Waals surface area contributed by atoms with E-state index in [1.165, 1.54) is 4.41 Å². The van der Waals surface area contributed by atoms with E-state index in [2.05, 4.69) is 5.10 Å². The van der Waals surface area contributed by atoms with Crippen LogP contribution in [0.15, 0.2) is 82.8 Å². The molecule has 31 heavy (non-hydrogen) atoms. The molecule has 8 heteroatoms. The maximum atomic E-state index is 13.5. The molecule has 0 spiro atoms. The Morgan fingerprint density at radius 3 is 2.13 bits per heavy atom. The van der Waals surface area contributed by atoms with Crippen molar-refractivity contribution in [2.24, 2.45) is 5.10 Å². The fraction of sp³-hybridized carbons (Fsp3) is 0.174. The summed E-state index contributed by atoms with van der Waals surface area (Å²) in [6.07, 6.45) is 0.393. The third-order valence-corrected chi connectivity index (χ3v) is 7.04. The van der Waals surface area contributed by atoms with Gasteiger partial charge in [0.25, 0.3) is 10.0 Å². The van der Waals surface area contributed by atoms with Crippen LogP contribution < -0.4 is 9.47 Å². The molecule has 1 heterocycles. The average molecular weight is 457 g/mol. The molecule has 0 N–H and O–H groups in total. The first-order chi connectivity index (χ1) is 14.9. The minimum absolute atomic E-state index is 0.177. The summed E-state index contributed by atoms with van der Waals surface area (Å²) in [4.78, 5) is 0.177. The first kappa shape index (κ1) is 21.2. The Hall–Kier alpha value is -3.03. The molecule has 6 nitrogen and oxygen atoms in total. The number of nitrogens with zero attached hydrogens (tertiary/aromatic N) is 2. The van der Waals surface area contributed by atoms with E-state index in [0.717, 1.165) is 11.1 Å². The van der Waals surface area contributed by atoms with Gasteiger partial charge in [-0.25, -0.2) is 0 Å². The van der Waals surface area contributed by atoms with Gasteiger partial charge >= 0.3 is 0 Å². The summed E-state index contributed by atoms with van der Waals surface area (Å²) in [5, 5.41) is 5.14. The Morgan fingerprint density at radius 1 is 0.935 bits per heavy atom. The van der Waals surface area contributed by atoms with Gasteiger partial charge in [0.15, 0.2) is 0 Å². The predicted octanol–water partition coefficient (Wildman–Crippen LogP) is 4.90. The van der Waals surface area contributed by atoms with Gasteiger partial charge < -0.3 is 9.47 Å². The molecule has 0 saturated carbocycles. The molecule has 0 bridgehead atoms. The van der Waals surface area contributed by atoms with Crippen molar-refractivity contribution in [3.05, 3.63) is 88.9 Å². The van der Waals surface area contributed by atoms with Crippen LogP contribution in [0, 0.1) is 0 Å². The molecule has 0 radical (unpaired) electrons. The van der Waals surface area contributed by atoms with Gasteiger partial charge in [-0.05, 0) is 47.5 Å². The van der Waals surface area contributed by atoms with Crippen molar-refractivity contribution >= 4 is 27.3 Å². The monoisotopic (exact) mass is 456 g/mol. The number of hydrazone groups is 1. The van der Waals surface area contributed by atoms with Crippen LogP contribution >= 0.6 is 11.6 Å². The Kier molecular flexibility index (Phi) is 5.89. The number of hydrogen-bond acceptors (Lipinski definition) is 5. The molecule has 0 aliphatic carbocycles. The molecule has 0 unspecified atom stereocenters. The Balaban J connectivity index is 1.83. The van der Waals surface area contributed by atoms with Crippen LogP contribution in [0.3, 0.4) is 0 Å². The van der Waals surface area contributed by atoms with Crippen LogP contribution in [0.2, 0.25) is 5.02 Å². The number of halogens is 1. The van der Waals surface area contributed by atoms with Crippen molar-refractivity contribution in [2.45, 2.75) is 17.4 Å². The van der Waals surface area contributed by atoms with Gasteiger partial charge in [-0.1, -0.05) is 41.9 Å². The molecule has 0 aromatic heterocycles. The summed E-state index contributed by atoms with van der Waals surface area (Å²) < 4.78 is 38.9. The van der Waals surface area contributed by atoms with E-state index in [9.17, 15) is 8.42 Å². The lowest BCUT2D eigenvalue weighted by molar-refractivity contribution is 0.362. The summed E-state index contributed by atoms with van der Waals surface area (Å²) in [5.41, 5.74) is 2.20. The van der Waals surface area contributed by atoms with Gasteiger partial charge in [0.2, 0.25) is 0 Å². The minimum Gasteiger partial charge on any atom is -0.497 e. The molecule has 1 aliphatic rings. The molecule has 1 atom stereocenters. The molecule has 1 aliphatic heterocycles. The van der Waals surface area contributed by atoms with E-state index in [0.29, 0.717) is 28.7 Å². The summed E-state index contributed by atoms with van der Waals surface area (Å²) in [6, 6.07) is 20.3. The largest absolute Gasteiger partial charge is 0.497 e. The van der Waals surface area contributed by atoms with Crippen LogP contribution in [0.5, 0.6) is 11.5 Å². The van der Waals surface area contributed by atoms with Gasteiger partial charge in [0.1, 0.15) is 11.5 Å². The average Bonchev–Trinajstić information content (AvgIpc) is 3.26. The van der Waals surface area contributed by atoms with E-state index in [4.69, 9.17) is 21.1 Å². The highest BCUT2D eigenvalue weighted by Gasteiger charge is 2.38. The second kappa shape index (κ2) is 8.61. The van der Waals surface area contributed by atoms with Crippen LogP contribution in [0.25, 0.3) is 0 Å². The second-order valence-corrected chi connectivity index (χ2v) is 9.24. The first-order valence-electron chi connectivity index (χ1n) is 9.58. The number of hydrogen-bond donors (Lipinski definition) is 0. The molecule has 0 fully saturated rings. The van der Waals surface area contributed by atoms with Crippen molar-refractivity contribution in [3.63, 3.8) is 0 Å². The Labute approximate surface area is 186 Å². The molecular formula is C23H21ClN2O4S. The second-order valence-electron chi connectivity index (χ2n) is 7.01. The quantitative estimate of drug-likeness (QED) is 0.529. The van der Waals surface area contributed by atoms with Crippen molar-refractivity contribution in [3.8, 4) is 11.5 Å². The molecule has 3 aromatic carbocycles. The van der Waals surface area contributed by atoms with Crippen molar-refractivity contribution in [1.82, 2.24) is 4.41 Å². The maximum Gasteiger partial charge on any atom is 0.279 e. The first-order valence-corrected chi connectivity index (χ1v) is 11.4. The van der Waals surface area contributed by atoms with E-state index in [-0.39, 0.29) is 4.90 Å². The zero-order valence-electron chi connectivity index (χ0n) is 17.0. The highest BCUT2D eigenvalue weighted by atomic mass is 35.5. The molecule has 3 aromatic rings. The molecule has 160 valence electrons. The summed E-state index contributed by atoms with van der Waals surface area (Å²) in [6.45, 7) is 0. The molecular weight excluding hydrogens is 436 g/mol. The molecule has 0 amide bonds. The van der Waals surface area contributed by atoms with Crippen LogP contribution in [-0.2, 0) is 10.0 Å². The van der Waals surface area contributed by atoms with Gasteiger partial charge in [-0.2, -0.15) is 17.9 Å². The van der Waals surface area contributed by atoms with Crippen LogP contribution in [-0.4, -0.2) is 32.8 Å². The van der Waals surface area contributed by atoms with E-state index >= 15 is 0 Å². The Morgan fingerprint density at radius 2 is 1.55 bits per heavy atom. The fourth-order valence-electron chi connectivity index (χ4n) is 3.50. The number of methoxy groups -OCH3 is 2.